The molecule has 2 N–H and O–H groups in total. The lowest BCUT2D eigenvalue weighted by atomic mass is 10.2. The summed E-state index contributed by atoms with van der Waals surface area (Å²) in [5.74, 6) is 0.976. The van der Waals surface area contributed by atoms with Crippen LogP contribution >= 0.6 is 0 Å². The van der Waals surface area contributed by atoms with E-state index in [1.165, 1.54) is 5.56 Å². The molecular formula is C18H19N3O. The molecule has 0 radical (unpaired) electrons. The average Bonchev–Trinajstić information content (AvgIpc) is 2.92. The number of hydrogen-bond donors (Lipinski definition) is 2. The molecule has 4 heteroatoms. The zero-order chi connectivity index (χ0) is 15.4. The Hall–Kier alpha value is -2.62. The van der Waals surface area contributed by atoms with Crippen LogP contribution in [0.5, 0.6) is 0 Å². The summed E-state index contributed by atoms with van der Waals surface area (Å²) < 4.78 is 0. The molecule has 0 unspecified atom stereocenters. The van der Waals surface area contributed by atoms with Crippen molar-refractivity contribution in [1.29, 1.82) is 0 Å². The Balaban J connectivity index is 1.49. The molecule has 0 atom stereocenters. The summed E-state index contributed by atoms with van der Waals surface area (Å²) >= 11 is 0. The Morgan fingerprint density at radius 1 is 1.14 bits per heavy atom. The molecule has 1 aromatic heterocycles. The number of aromatic amines is 1. The number of nitrogens with zero attached hydrogens (tertiary/aromatic N) is 1. The third-order valence-corrected chi connectivity index (χ3v) is 3.59. The number of carbonyl (C=O) groups excluding carboxylic acids is 1. The highest BCUT2D eigenvalue weighted by molar-refractivity contribution is 5.90. The first-order valence-corrected chi connectivity index (χ1v) is 7.51. The van der Waals surface area contributed by atoms with Crippen molar-refractivity contribution in [2.75, 3.05) is 5.32 Å². The third-order valence-electron chi connectivity index (χ3n) is 3.59. The van der Waals surface area contributed by atoms with Gasteiger partial charge in [0.25, 0.3) is 0 Å². The number of hydrogen-bond acceptors (Lipinski definition) is 2. The van der Waals surface area contributed by atoms with Crippen LogP contribution in [0.25, 0.3) is 11.0 Å². The van der Waals surface area contributed by atoms with E-state index in [0.717, 1.165) is 35.4 Å². The predicted molar refractivity (Wildman–Crippen MR) is 88.8 cm³/mol. The second kappa shape index (κ2) is 6.43. The summed E-state index contributed by atoms with van der Waals surface area (Å²) in [6, 6.07) is 15.8. The molecule has 0 aliphatic rings. The molecule has 2 aromatic carbocycles. The van der Waals surface area contributed by atoms with E-state index in [4.69, 9.17) is 0 Å². The first kappa shape index (κ1) is 14.3. The molecule has 3 rings (SSSR count). The van der Waals surface area contributed by atoms with E-state index in [9.17, 15) is 4.79 Å². The van der Waals surface area contributed by atoms with Gasteiger partial charge in [-0.25, -0.2) is 4.98 Å². The van der Waals surface area contributed by atoms with E-state index in [0.29, 0.717) is 6.42 Å². The Labute approximate surface area is 129 Å². The van der Waals surface area contributed by atoms with Crippen LogP contribution in [0.3, 0.4) is 0 Å². The number of rotatable bonds is 5. The topological polar surface area (TPSA) is 57.8 Å². The zero-order valence-electron chi connectivity index (χ0n) is 12.6. The van der Waals surface area contributed by atoms with Crippen LogP contribution in [0.15, 0.2) is 48.5 Å². The van der Waals surface area contributed by atoms with Crippen LogP contribution < -0.4 is 5.32 Å². The van der Waals surface area contributed by atoms with Crippen LogP contribution in [0, 0.1) is 6.92 Å². The fraction of sp³-hybridized carbons (Fsp3) is 0.222. The van der Waals surface area contributed by atoms with E-state index < -0.39 is 0 Å². The van der Waals surface area contributed by atoms with Crippen molar-refractivity contribution in [2.24, 2.45) is 0 Å². The van der Waals surface area contributed by atoms with Crippen LogP contribution in [-0.2, 0) is 11.2 Å². The van der Waals surface area contributed by atoms with Gasteiger partial charge in [-0.15, -0.1) is 0 Å². The Morgan fingerprint density at radius 3 is 2.68 bits per heavy atom. The van der Waals surface area contributed by atoms with Gasteiger partial charge in [0.2, 0.25) is 5.91 Å². The molecule has 1 amide bonds. The molecule has 0 bridgehead atoms. The van der Waals surface area contributed by atoms with Crippen molar-refractivity contribution in [2.45, 2.75) is 26.2 Å². The second-order valence-corrected chi connectivity index (χ2v) is 5.47. The van der Waals surface area contributed by atoms with Crippen LogP contribution in [0.4, 0.5) is 5.69 Å². The molecule has 0 aliphatic heterocycles. The molecule has 3 aromatic rings. The lowest BCUT2D eigenvalue weighted by Gasteiger charge is -2.05. The number of imidazole rings is 1. The molecule has 0 fully saturated rings. The monoisotopic (exact) mass is 293 g/mol. The minimum Gasteiger partial charge on any atom is -0.342 e. The summed E-state index contributed by atoms with van der Waals surface area (Å²) in [5, 5.41) is 2.91. The second-order valence-electron chi connectivity index (χ2n) is 5.47. The van der Waals surface area contributed by atoms with E-state index in [-0.39, 0.29) is 5.91 Å². The predicted octanol–water partition coefficient (Wildman–Crippen LogP) is 3.83. The summed E-state index contributed by atoms with van der Waals surface area (Å²) in [4.78, 5) is 19.7. The van der Waals surface area contributed by atoms with Gasteiger partial charge in [0.05, 0.1) is 11.0 Å². The molecule has 4 nitrogen and oxygen atoms in total. The number of nitrogens with one attached hydrogen (secondary N) is 2. The van der Waals surface area contributed by atoms with E-state index in [1.54, 1.807) is 0 Å². The Morgan fingerprint density at radius 2 is 1.91 bits per heavy atom. The van der Waals surface area contributed by atoms with Gasteiger partial charge in [-0.1, -0.05) is 29.8 Å². The summed E-state index contributed by atoms with van der Waals surface area (Å²) in [7, 11) is 0. The fourth-order valence-corrected chi connectivity index (χ4v) is 2.40. The maximum Gasteiger partial charge on any atom is 0.224 e. The quantitative estimate of drug-likeness (QED) is 0.751. The number of anilines is 1. The smallest absolute Gasteiger partial charge is 0.224 e. The first-order chi connectivity index (χ1) is 10.7. The van der Waals surface area contributed by atoms with Gasteiger partial charge < -0.3 is 10.3 Å². The lowest BCUT2D eigenvalue weighted by molar-refractivity contribution is -0.116. The van der Waals surface area contributed by atoms with Gasteiger partial charge in [-0.2, -0.15) is 0 Å². The van der Waals surface area contributed by atoms with Crippen LogP contribution in [0.2, 0.25) is 0 Å². The molecule has 112 valence electrons. The van der Waals surface area contributed by atoms with E-state index in [1.807, 2.05) is 55.5 Å². The maximum atomic E-state index is 11.9. The number of carbonyl (C=O) groups is 1. The van der Waals surface area contributed by atoms with Crippen molar-refractivity contribution in [3.05, 3.63) is 59.9 Å². The van der Waals surface area contributed by atoms with Crippen molar-refractivity contribution in [3.63, 3.8) is 0 Å². The minimum absolute atomic E-state index is 0.0416. The molecule has 0 aliphatic carbocycles. The van der Waals surface area contributed by atoms with Gasteiger partial charge >= 0.3 is 0 Å². The number of aromatic nitrogens is 2. The van der Waals surface area contributed by atoms with Crippen molar-refractivity contribution in [3.8, 4) is 0 Å². The van der Waals surface area contributed by atoms with Gasteiger partial charge in [-0.3, -0.25) is 4.79 Å². The molecule has 0 saturated heterocycles. The van der Waals surface area contributed by atoms with Crippen molar-refractivity contribution < 1.29 is 4.79 Å². The Kier molecular flexibility index (Phi) is 4.19. The number of benzene rings is 2. The minimum atomic E-state index is 0.0416. The molecular weight excluding hydrogens is 274 g/mol. The van der Waals surface area contributed by atoms with Crippen LogP contribution in [0.1, 0.15) is 24.2 Å². The molecule has 1 heterocycles. The van der Waals surface area contributed by atoms with E-state index >= 15 is 0 Å². The van der Waals surface area contributed by atoms with Crippen LogP contribution in [-0.4, -0.2) is 15.9 Å². The normalized spacial score (nSPS) is 10.8. The zero-order valence-corrected chi connectivity index (χ0v) is 12.6. The van der Waals surface area contributed by atoms with Gasteiger partial charge in [-0.05, 0) is 37.6 Å². The number of fused-ring (bicyclic) bond motifs is 1. The molecule has 0 saturated carbocycles. The van der Waals surface area contributed by atoms with Gasteiger partial charge in [0, 0.05) is 18.5 Å². The maximum absolute atomic E-state index is 11.9. The van der Waals surface area contributed by atoms with Crippen molar-refractivity contribution in [1.82, 2.24) is 9.97 Å². The highest BCUT2D eigenvalue weighted by atomic mass is 16.1. The lowest BCUT2D eigenvalue weighted by Crippen LogP contribution is -2.11. The Bertz CT molecular complexity index is 741. The largest absolute Gasteiger partial charge is 0.342 e. The number of para-hydroxylation sites is 2. The van der Waals surface area contributed by atoms with Gasteiger partial charge in [0.15, 0.2) is 0 Å². The number of H-pyrrole nitrogens is 1. The summed E-state index contributed by atoms with van der Waals surface area (Å²) in [6.45, 7) is 2.03. The standard InChI is InChI=1S/C18H19N3O/c1-13-9-11-14(12-10-13)19-18(22)8-4-7-17-20-15-5-2-3-6-16(15)21-17/h2-3,5-6,9-12H,4,7-8H2,1H3,(H,19,22)(H,20,21). The van der Waals surface area contributed by atoms with Crippen molar-refractivity contribution >= 4 is 22.6 Å². The first-order valence-electron chi connectivity index (χ1n) is 7.51. The number of amides is 1. The highest BCUT2D eigenvalue weighted by Crippen LogP contribution is 2.13. The summed E-state index contributed by atoms with van der Waals surface area (Å²) in [5.41, 5.74) is 4.05. The average molecular weight is 293 g/mol. The fourth-order valence-electron chi connectivity index (χ4n) is 2.40. The third kappa shape index (κ3) is 3.52. The van der Waals surface area contributed by atoms with E-state index in [2.05, 4.69) is 15.3 Å². The molecule has 0 spiro atoms. The highest BCUT2D eigenvalue weighted by Gasteiger charge is 2.05. The molecule has 22 heavy (non-hydrogen) atoms. The summed E-state index contributed by atoms with van der Waals surface area (Å²) in [6.07, 6.45) is 2.04. The van der Waals surface area contributed by atoms with Gasteiger partial charge in [0.1, 0.15) is 5.82 Å². The number of aryl methyl sites for hydroxylation is 2. The SMILES string of the molecule is Cc1ccc(NC(=O)CCCc2nc3ccccc3[nH]2)cc1.